The maximum Gasteiger partial charge on any atom is 0.441 e. The zero-order valence-electron chi connectivity index (χ0n) is 7.45. The van der Waals surface area contributed by atoms with Gasteiger partial charge in [0, 0.05) is 11.5 Å². The second kappa shape index (κ2) is 5.61. The van der Waals surface area contributed by atoms with Gasteiger partial charge in [0.1, 0.15) is 0 Å². The van der Waals surface area contributed by atoms with Crippen LogP contribution in [0, 0.1) is 0 Å². The van der Waals surface area contributed by atoms with Crippen molar-refractivity contribution in [3.63, 3.8) is 0 Å². The van der Waals surface area contributed by atoms with Gasteiger partial charge in [-0.2, -0.15) is 13.2 Å². The van der Waals surface area contributed by atoms with E-state index >= 15 is 0 Å². The third-order valence-corrected chi connectivity index (χ3v) is 3.01. The molecular weight excluding hydrogens is 251 g/mol. The standard InChI is InChI=1S/C6H8F3N3OS2/c7-6(8,9)15-2-1-14-5-12-11-4(3-10)13-5/h1-3,10H2. The molecule has 0 bridgehead atoms. The average molecular weight is 259 g/mol. The Bertz CT molecular complexity index is 304. The summed E-state index contributed by atoms with van der Waals surface area (Å²) in [4.78, 5) is 0. The van der Waals surface area contributed by atoms with E-state index in [-0.39, 0.29) is 40.9 Å². The van der Waals surface area contributed by atoms with Crippen LogP contribution in [0.25, 0.3) is 0 Å². The lowest BCUT2D eigenvalue weighted by Gasteiger charge is -2.03. The predicted octanol–water partition coefficient (Wildman–Crippen LogP) is 1.87. The van der Waals surface area contributed by atoms with Crippen molar-refractivity contribution in [2.75, 3.05) is 11.5 Å². The second-order valence-corrected chi connectivity index (χ2v) is 4.51. The van der Waals surface area contributed by atoms with E-state index in [0.717, 1.165) is 11.8 Å². The van der Waals surface area contributed by atoms with Crippen molar-refractivity contribution in [1.29, 1.82) is 0 Å². The minimum atomic E-state index is -4.18. The third kappa shape index (κ3) is 5.28. The van der Waals surface area contributed by atoms with E-state index in [4.69, 9.17) is 10.2 Å². The largest absolute Gasteiger partial charge is 0.441 e. The summed E-state index contributed by atoms with van der Waals surface area (Å²) < 4.78 is 40.2. The SMILES string of the molecule is NCc1nnc(SCCSC(F)(F)F)o1. The van der Waals surface area contributed by atoms with Crippen molar-refractivity contribution in [2.24, 2.45) is 5.73 Å². The number of nitrogens with two attached hydrogens (primary N) is 1. The van der Waals surface area contributed by atoms with Crippen molar-refractivity contribution >= 4 is 23.5 Å². The monoisotopic (exact) mass is 259 g/mol. The highest BCUT2D eigenvalue weighted by Gasteiger charge is 2.27. The van der Waals surface area contributed by atoms with Gasteiger partial charge in [-0.15, -0.1) is 10.2 Å². The maximum atomic E-state index is 11.7. The molecule has 0 saturated carbocycles. The molecule has 1 heterocycles. The van der Waals surface area contributed by atoms with Gasteiger partial charge in [0.25, 0.3) is 5.22 Å². The fourth-order valence-corrected chi connectivity index (χ4v) is 1.99. The molecule has 0 aliphatic carbocycles. The van der Waals surface area contributed by atoms with Gasteiger partial charge in [0.15, 0.2) is 0 Å². The minimum Gasteiger partial charge on any atom is -0.415 e. The summed E-state index contributed by atoms with van der Waals surface area (Å²) in [5.74, 6) is 0.492. The van der Waals surface area contributed by atoms with E-state index in [1.807, 2.05) is 0 Å². The number of thioether (sulfide) groups is 2. The van der Waals surface area contributed by atoms with Crippen LogP contribution in [0.3, 0.4) is 0 Å². The van der Waals surface area contributed by atoms with Gasteiger partial charge in [-0.1, -0.05) is 23.5 Å². The van der Waals surface area contributed by atoms with E-state index in [0.29, 0.717) is 0 Å². The second-order valence-electron chi connectivity index (χ2n) is 2.31. The van der Waals surface area contributed by atoms with Crippen molar-refractivity contribution in [1.82, 2.24) is 10.2 Å². The summed E-state index contributed by atoms with van der Waals surface area (Å²) >= 11 is 1.01. The molecule has 2 N–H and O–H groups in total. The third-order valence-electron chi connectivity index (χ3n) is 1.20. The molecule has 0 spiro atoms. The van der Waals surface area contributed by atoms with Gasteiger partial charge in [0.2, 0.25) is 5.89 Å². The Hall–Kier alpha value is -0.410. The number of hydrogen-bond donors (Lipinski definition) is 1. The maximum absolute atomic E-state index is 11.7. The summed E-state index contributed by atoms with van der Waals surface area (Å²) in [6, 6.07) is 0. The van der Waals surface area contributed by atoms with Gasteiger partial charge in [0.05, 0.1) is 6.54 Å². The van der Waals surface area contributed by atoms with Crippen LogP contribution in [-0.2, 0) is 6.54 Å². The normalized spacial score (nSPS) is 12.0. The molecule has 1 aromatic heterocycles. The molecule has 0 aliphatic heterocycles. The van der Waals surface area contributed by atoms with Gasteiger partial charge in [-0.3, -0.25) is 0 Å². The molecule has 9 heteroatoms. The predicted molar refractivity (Wildman–Crippen MR) is 51.4 cm³/mol. The summed E-state index contributed by atoms with van der Waals surface area (Å²) in [6.07, 6.45) is 0. The Kier molecular flexibility index (Phi) is 4.74. The smallest absolute Gasteiger partial charge is 0.415 e. The number of rotatable bonds is 5. The van der Waals surface area contributed by atoms with Crippen molar-refractivity contribution in [2.45, 2.75) is 17.3 Å². The van der Waals surface area contributed by atoms with E-state index in [2.05, 4.69) is 10.2 Å². The summed E-state index contributed by atoms with van der Waals surface area (Å²) in [5.41, 5.74) is 1.03. The van der Waals surface area contributed by atoms with Crippen molar-refractivity contribution in [3.05, 3.63) is 5.89 Å². The molecule has 0 aromatic carbocycles. The first kappa shape index (κ1) is 12.7. The highest BCUT2D eigenvalue weighted by Crippen LogP contribution is 2.31. The molecule has 15 heavy (non-hydrogen) atoms. The molecule has 1 aromatic rings. The number of alkyl halides is 3. The summed E-state index contributed by atoms with van der Waals surface area (Å²) in [6.45, 7) is 0.130. The Balaban J connectivity index is 2.20. The molecule has 0 saturated heterocycles. The molecule has 0 amide bonds. The van der Waals surface area contributed by atoms with Crippen LogP contribution in [0.15, 0.2) is 9.64 Å². The van der Waals surface area contributed by atoms with E-state index in [1.165, 1.54) is 0 Å². The molecule has 0 unspecified atom stereocenters. The topological polar surface area (TPSA) is 64.9 Å². The quantitative estimate of drug-likeness (QED) is 0.643. The molecule has 0 fully saturated rings. The first-order valence-corrected chi connectivity index (χ1v) is 5.84. The van der Waals surface area contributed by atoms with Gasteiger partial charge in [-0.05, 0) is 0 Å². The van der Waals surface area contributed by atoms with Crippen molar-refractivity contribution in [3.8, 4) is 0 Å². The average Bonchev–Trinajstić information content (AvgIpc) is 2.59. The molecule has 86 valence electrons. The molecule has 1 rings (SSSR count). The lowest BCUT2D eigenvalue weighted by Crippen LogP contribution is -2.02. The number of halogens is 3. The zero-order valence-corrected chi connectivity index (χ0v) is 9.08. The van der Waals surface area contributed by atoms with Crippen molar-refractivity contribution < 1.29 is 17.6 Å². The molecule has 0 radical (unpaired) electrons. The van der Waals surface area contributed by atoms with Gasteiger partial charge in [-0.25, -0.2) is 0 Å². The lowest BCUT2D eigenvalue weighted by atomic mass is 10.7. The van der Waals surface area contributed by atoms with Crippen LogP contribution in [0.5, 0.6) is 0 Å². The van der Waals surface area contributed by atoms with Crippen LogP contribution in [0.4, 0.5) is 13.2 Å². The fourth-order valence-electron chi connectivity index (χ4n) is 0.665. The van der Waals surface area contributed by atoms with Crippen LogP contribution in [0.1, 0.15) is 5.89 Å². The first-order chi connectivity index (χ1) is 7.01. The number of hydrogen-bond acceptors (Lipinski definition) is 6. The molecule has 0 atom stereocenters. The molecule has 0 aliphatic rings. The van der Waals surface area contributed by atoms with Gasteiger partial charge >= 0.3 is 5.51 Å². The molecular formula is C6H8F3N3OS2. The van der Waals surface area contributed by atoms with Crippen LogP contribution < -0.4 is 5.73 Å². The van der Waals surface area contributed by atoms with E-state index in [1.54, 1.807) is 0 Å². The molecule has 4 nitrogen and oxygen atoms in total. The Labute approximate surface area is 92.2 Å². The fraction of sp³-hybridized carbons (Fsp3) is 0.667. The lowest BCUT2D eigenvalue weighted by molar-refractivity contribution is -0.0326. The van der Waals surface area contributed by atoms with E-state index < -0.39 is 5.51 Å². The number of nitrogens with zero attached hydrogens (tertiary/aromatic N) is 2. The highest BCUT2D eigenvalue weighted by atomic mass is 32.2. The van der Waals surface area contributed by atoms with E-state index in [9.17, 15) is 13.2 Å². The minimum absolute atomic E-state index is 0.0471. The van der Waals surface area contributed by atoms with Crippen LogP contribution in [0.2, 0.25) is 0 Å². The Morgan fingerprint density at radius 2 is 2.00 bits per heavy atom. The summed E-state index contributed by atoms with van der Waals surface area (Å²) in [5, 5.41) is 7.42. The van der Waals surface area contributed by atoms with Gasteiger partial charge < -0.3 is 10.2 Å². The highest BCUT2D eigenvalue weighted by molar-refractivity contribution is 8.03. The Morgan fingerprint density at radius 3 is 2.53 bits per heavy atom. The Morgan fingerprint density at radius 1 is 1.27 bits per heavy atom. The summed E-state index contributed by atoms with van der Waals surface area (Å²) in [7, 11) is 0. The number of aromatic nitrogens is 2. The van der Waals surface area contributed by atoms with Crippen LogP contribution >= 0.6 is 23.5 Å². The zero-order chi connectivity index (χ0) is 11.3. The first-order valence-electron chi connectivity index (χ1n) is 3.87. The van der Waals surface area contributed by atoms with Crippen LogP contribution in [-0.4, -0.2) is 27.2 Å².